The van der Waals surface area contributed by atoms with E-state index in [1.807, 2.05) is 0 Å². The first-order chi connectivity index (χ1) is 12.5. The van der Waals surface area contributed by atoms with Crippen molar-refractivity contribution < 1.29 is 22.3 Å². The number of rotatable bonds is 7. The summed E-state index contributed by atoms with van der Waals surface area (Å²) in [6, 6.07) is 13.6. The number of hydrogen-bond acceptors (Lipinski definition) is 6. The van der Waals surface area contributed by atoms with Gasteiger partial charge in [-0.3, -0.25) is 4.72 Å². The van der Waals surface area contributed by atoms with E-state index in [4.69, 9.17) is 13.9 Å². The molecule has 3 aromatic rings. The van der Waals surface area contributed by atoms with Crippen LogP contribution in [0.15, 0.2) is 68.7 Å². The molecule has 0 bridgehead atoms. The van der Waals surface area contributed by atoms with E-state index in [1.54, 1.807) is 37.4 Å². The Kier molecular flexibility index (Phi) is 5.24. The molecule has 0 unspecified atom stereocenters. The monoisotopic (exact) mass is 375 g/mol. The molecule has 0 fully saturated rings. The van der Waals surface area contributed by atoms with E-state index in [1.165, 1.54) is 24.3 Å². The molecule has 3 rings (SSSR count). The molecule has 1 N–H and O–H groups in total. The van der Waals surface area contributed by atoms with Gasteiger partial charge in [-0.05, 0) is 48.5 Å². The zero-order chi connectivity index (χ0) is 18.6. The van der Waals surface area contributed by atoms with E-state index in [0.717, 1.165) is 0 Å². The van der Waals surface area contributed by atoms with E-state index < -0.39 is 15.6 Å². The molecule has 0 spiro atoms. The summed E-state index contributed by atoms with van der Waals surface area (Å²) >= 11 is 0. The summed E-state index contributed by atoms with van der Waals surface area (Å²) in [6.07, 6.45) is 0. The summed E-state index contributed by atoms with van der Waals surface area (Å²) in [5, 5.41) is 0.617. The van der Waals surface area contributed by atoms with Crippen molar-refractivity contribution in [1.82, 2.24) is 0 Å². The summed E-state index contributed by atoms with van der Waals surface area (Å²) in [5.41, 5.74) is 0.295. The minimum absolute atomic E-state index is 0.108. The number of benzene rings is 2. The van der Waals surface area contributed by atoms with Crippen molar-refractivity contribution >= 4 is 26.7 Å². The van der Waals surface area contributed by atoms with Gasteiger partial charge in [-0.15, -0.1) is 0 Å². The molecule has 136 valence electrons. The Hall–Kier alpha value is -2.84. The van der Waals surface area contributed by atoms with Crippen LogP contribution < -0.4 is 15.1 Å². The summed E-state index contributed by atoms with van der Waals surface area (Å²) in [7, 11) is -2.18. The number of methoxy groups -OCH3 is 1. The van der Waals surface area contributed by atoms with Crippen LogP contribution in [0.2, 0.25) is 0 Å². The van der Waals surface area contributed by atoms with Gasteiger partial charge >= 0.3 is 5.63 Å². The summed E-state index contributed by atoms with van der Waals surface area (Å²) < 4.78 is 42.9. The number of nitrogens with one attached hydrogen (secondary N) is 1. The Morgan fingerprint density at radius 2 is 1.77 bits per heavy atom. The van der Waals surface area contributed by atoms with Crippen LogP contribution in [0, 0.1) is 0 Å². The number of fused-ring (bicyclic) bond motifs is 1. The molecule has 0 saturated carbocycles. The second-order valence-electron chi connectivity index (χ2n) is 5.43. The third kappa shape index (κ3) is 4.22. The van der Waals surface area contributed by atoms with Crippen molar-refractivity contribution in [2.45, 2.75) is 4.90 Å². The number of anilines is 1. The highest BCUT2D eigenvalue weighted by Crippen LogP contribution is 2.22. The molecule has 26 heavy (non-hydrogen) atoms. The molecule has 0 amide bonds. The second-order valence-corrected chi connectivity index (χ2v) is 7.11. The second kappa shape index (κ2) is 7.59. The topological polar surface area (TPSA) is 94.8 Å². The largest absolute Gasteiger partial charge is 0.491 e. The van der Waals surface area contributed by atoms with Crippen LogP contribution in [-0.2, 0) is 14.8 Å². The lowest BCUT2D eigenvalue weighted by atomic mass is 10.2. The van der Waals surface area contributed by atoms with Gasteiger partial charge in [0.2, 0.25) is 0 Å². The average molecular weight is 375 g/mol. The predicted octanol–water partition coefficient (Wildman–Crippen LogP) is 2.62. The first kappa shape index (κ1) is 18.0. The zero-order valence-electron chi connectivity index (χ0n) is 14.0. The highest BCUT2D eigenvalue weighted by Gasteiger charge is 2.14. The normalized spacial score (nSPS) is 11.4. The Morgan fingerprint density at radius 3 is 2.50 bits per heavy atom. The van der Waals surface area contributed by atoms with Crippen LogP contribution in [0.1, 0.15) is 0 Å². The van der Waals surface area contributed by atoms with Crippen molar-refractivity contribution in [2.75, 3.05) is 25.0 Å². The Bertz CT molecular complexity index is 1060. The van der Waals surface area contributed by atoms with Crippen LogP contribution in [0.4, 0.5) is 5.69 Å². The Balaban J connectivity index is 1.78. The van der Waals surface area contributed by atoms with Gasteiger partial charge in [0.15, 0.2) is 0 Å². The highest BCUT2D eigenvalue weighted by atomic mass is 32.2. The minimum Gasteiger partial charge on any atom is -0.491 e. The van der Waals surface area contributed by atoms with Gasteiger partial charge in [-0.1, -0.05) is 0 Å². The third-order valence-corrected chi connectivity index (χ3v) is 4.96. The molecule has 2 aromatic carbocycles. The van der Waals surface area contributed by atoms with Crippen molar-refractivity contribution in [3.05, 3.63) is 65.0 Å². The summed E-state index contributed by atoms with van der Waals surface area (Å²) in [4.78, 5) is 11.3. The lowest BCUT2D eigenvalue weighted by Gasteiger charge is -2.10. The van der Waals surface area contributed by atoms with Gasteiger partial charge < -0.3 is 13.9 Å². The van der Waals surface area contributed by atoms with Gasteiger partial charge in [0.1, 0.15) is 17.9 Å². The van der Waals surface area contributed by atoms with Gasteiger partial charge in [0, 0.05) is 24.2 Å². The van der Waals surface area contributed by atoms with Crippen LogP contribution in [0.3, 0.4) is 0 Å². The maximum Gasteiger partial charge on any atom is 0.336 e. The number of hydrogen-bond donors (Lipinski definition) is 1. The Labute approximate surface area is 150 Å². The maximum absolute atomic E-state index is 12.5. The molecular formula is C18H17NO6S. The standard InChI is InChI=1S/C18H17NO6S/c1-23-10-11-24-15-4-6-16(7-5-15)26(21,22)19-14-3-8-17-13(12-14)2-9-18(20)25-17/h2-9,12,19H,10-11H2,1H3. The van der Waals surface area contributed by atoms with E-state index in [-0.39, 0.29) is 4.90 Å². The Morgan fingerprint density at radius 1 is 1.00 bits per heavy atom. The fourth-order valence-corrected chi connectivity index (χ4v) is 3.36. The molecule has 0 aliphatic heterocycles. The summed E-state index contributed by atoms with van der Waals surface area (Å²) in [5.74, 6) is 0.557. The van der Waals surface area contributed by atoms with Crippen molar-refractivity contribution in [2.24, 2.45) is 0 Å². The van der Waals surface area contributed by atoms with E-state index in [0.29, 0.717) is 35.6 Å². The molecule has 0 aliphatic rings. The SMILES string of the molecule is COCCOc1ccc(S(=O)(=O)Nc2ccc3oc(=O)ccc3c2)cc1. The van der Waals surface area contributed by atoms with E-state index in [2.05, 4.69) is 4.72 Å². The molecule has 1 heterocycles. The predicted molar refractivity (Wildman–Crippen MR) is 97.1 cm³/mol. The molecule has 8 heteroatoms. The molecule has 1 aromatic heterocycles. The third-order valence-electron chi connectivity index (χ3n) is 3.56. The molecule has 7 nitrogen and oxygen atoms in total. The lowest BCUT2D eigenvalue weighted by Crippen LogP contribution is -2.13. The summed E-state index contributed by atoms with van der Waals surface area (Å²) in [6.45, 7) is 0.831. The van der Waals surface area contributed by atoms with Gasteiger partial charge in [0.05, 0.1) is 11.5 Å². The van der Waals surface area contributed by atoms with Crippen LogP contribution in [0.5, 0.6) is 5.75 Å². The minimum atomic E-state index is -3.75. The van der Waals surface area contributed by atoms with Gasteiger partial charge in [-0.2, -0.15) is 0 Å². The van der Waals surface area contributed by atoms with E-state index >= 15 is 0 Å². The molecule has 0 saturated heterocycles. The first-order valence-electron chi connectivity index (χ1n) is 7.76. The average Bonchev–Trinajstić information content (AvgIpc) is 2.62. The fourth-order valence-electron chi connectivity index (χ4n) is 2.31. The molecule has 0 atom stereocenters. The lowest BCUT2D eigenvalue weighted by molar-refractivity contribution is 0.146. The zero-order valence-corrected chi connectivity index (χ0v) is 14.8. The van der Waals surface area contributed by atoms with Crippen molar-refractivity contribution in [3.8, 4) is 5.75 Å². The smallest absolute Gasteiger partial charge is 0.336 e. The van der Waals surface area contributed by atoms with Crippen molar-refractivity contribution in [1.29, 1.82) is 0 Å². The maximum atomic E-state index is 12.5. The van der Waals surface area contributed by atoms with Crippen LogP contribution >= 0.6 is 0 Å². The molecule has 0 radical (unpaired) electrons. The quantitative estimate of drug-likeness (QED) is 0.504. The highest BCUT2D eigenvalue weighted by molar-refractivity contribution is 7.92. The van der Waals surface area contributed by atoms with Crippen LogP contribution in [-0.4, -0.2) is 28.7 Å². The van der Waals surface area contributed by atoms with Gasteiger partial charge in [0.25, 0.3) is 10.0 Å². The van der Waals surface area contributed by atoms with E-state index in [9.17, 15) is 13.2 Å². The van der Waals surface area contributed by atoms with Crippen LogP contribution in [0.25, 0.3) is 11.0 Å². The molecule has 0 aliphatic carbocycles. The fraction of sp³-hybridized carbons (Fsp3) is 0.167. The number of ether oxygens (including phenoxy) is 2. The molecular weight excluding hydrogens is 358 g/mol. The number of sulfonamides is 1. The van der Waals surface area contributed by atoms with Gasteiger partial charge in [-0.25, -0.2) is 13.2 Å². The van der Waals surface area contributed by atoms with Crippen molar-refractivity contribution in [3.63, 3.8) is 0 Å². The first-order valence-corrected chi connectivity index (χ1v) is 9.25.